The van der Waals surface area contributed by atoms with Crippen LogP contribution >= 0.6 is 0 Å². The molecule has 2 aromatic carbocycles. The number of aromatic nitrogens is 2. The van der Waals surface area contributed by atoms with E-state index in [4.69, 9.17) is 14.2 Å². The summed E-state index contributed by atoms with van der Waals surface area (Å²) in [5.74, 6) is 0.898. The van der Waals surface area contributed by atoms with Gasteiger partial charge in [0.1, 0.15) is 0 Å². The summed E-state index contributed by atoms with van der Waals surface area (Å²) in [5.41, 5.74) is 5.14. The molecule has 1 heterocycles. The van der Waals surface area contributed by atoms with E-state index in [1.54, 1.807) is 38.1 Å². The van der Waals surface area contributed by atoms with Crippen LogP contribution in [0.5, 0.6) is 17.2 Å². The lowest BCUT2D eigenvalue weighted by molar-refractivity contribution is -0.119. The van der Waals surface area contributed by atoms with Crippen molar-refractivity contribution in [2.75, 3.05) is 38.5 Å². The molecule has 2 amide bonds. The Morgan fingerprint density at radius 2 is 1.80 bits per heavy atom. The van der Waals surface area contributed by atoms with E-state index in [2.05, 4.69) is 21.0 Å². The topological polar surface area (TPSA) is 133 Å². The molecular formula is C29H35N5O6. The maximum absolute atomic E-state index is 13.4. The van der Waals surface area contributed by atoms with Crippen LogP contribution < -0.4 is 35.6 Å². The summed E-state index contributed by atoms with van der Waals surface area (Å²) in [4.78, 5) is 38.3. The second-order valence-corrected chi connectivity index (χ2v) is 9.67. The molecule has 0 saturated heterocycles. The molecule has 1 aromatic heterocycles. The predicted molar refractivity (Wildman–Crippen MR) is 152 cm³/mol. The van der Waals surface area contributed by atoms with E-state index < -0.39 is 6.04 Å². The molecule has 1 aliphatic carbocycles. The second-order valence-electron chi connectivity index (χ2n) is 9.67. The number of nitrogens with one attached hydrogen (secondary N) is 3. The van der Waals surface area contributed by atoms with Gasteiger partial charge in [-0.25, -0.2) is 0 Å². The highest BCUT2D eigenvalue weighted by Crippen LogP contribution is 2.50. The molecule has 4 rings (SSSR count). The van der Waals surface area contributed by atoms with Crippen LogP contribution in [-0.4, -0.2) is 49.5 Å². The second kappa shape index (κ2) is 11.7. The predicted octanol–water partition coefficient (Wildman–Crippen LogP) is 3.26. The highest BCUT2D eigenvalue weighted by Gasteiger charge is 2.29. The SMILES string of the molecule is COc1cc2c(c(OC)c1OC)-c1ccc(NCC(=O)Nc3c(C)nn(C)c3C)c(=O)cc1[C@@H](NC(C)=O)CC2. The van der Waals surface area contributed by atoms with Crippen molar-refractivity contribution in [3.63, 3.8) is 0 Å². The number of anilines is 2. The van der Waals surface area contributed by atoms with Gasteiger partial charge in [0, 0.05) is 19.5 Å². The smallest absolute Gasteiger partial charge is 0.243 e. The fraction of sp³-hybridized carbons (Fsp3) is 0.379. The number of carbonyl (C=O) groups excluding carboxylic acids is 2. The van der Waals surface area contributed by atoms with Crippen LogP contribution in [0, 0.1) is 13.8 Å². The van der Waals surface area contributed by atoms with E-state index in [-0.39, 0.29) is 29.5 Å². The van der Waals surface area contributed by atoms with Crippen LogP contribution in [0.4, 0.5) is 11.4 Å². The molecule has 0 unspecified atom stereocenters. The third kappa shape index (κ3) is 5.45. The number of fused-ring (bicyclic) bond motifs is 3. The maximum atomic E-state index is 13.4. The summed E-state index contributed by atoms with van der Waals surface area (Å²) < 4.78 is 18.7. The first-order chi connectivity index (χ1) is 19.1. The number of rotatable bonds is 8. The average Bonchev–Trinajstić information content (AvgIpc) is 3.04. The summed E-state index contributed by atoms with van der Waals surface area (Å²) in [5, 5.41) is 13.1. The molecular weight excluding hydrogens is 514 g/mol. The Kier molecular flexibility index (Phi) is 8.32. The molecule has 11 heteroatoms. The van der Waals surface area contributed by atoms with Crippen LogP contribution in [0.3, 0.4) is 0 Å². The number of aryl methyl sites for hydroxylation is 3. The normalized spacial score (nSPS) is 13.8. The molecule has 3 N–H and O–H groups in total. The molecule has 0 saturated carbocycles. The van der Waals surface area contributed by atoms with Gasteiger partial charge < -0.3 is 30.2 Å². The first-order valence-electron chi connectivity index (χ1n) is 12.9. The largest absolute Gasteiger partial charge is 0.493 e. The fourth-order valence-corrected chi connectivity index (χ4v) is 5.17. The first-order valence-corrected chi connectivity index (χ1v) is 12.9. The van der Waals surface area contributed by atoms with Crippen molar-refractivity contribution in [1.82, 2.24) is 15.1 Å². The van der Waals surface area contributed by atoms with Crippen molar-refractivity contribution in [3.8, 4) is 28.4 Å². The molecule has 0 fully saturated rings. The van der Waals surface area contributed by atoms with Gasteiger partial charge in [-0.1, -0.05) is 6.07 Å². The number of nitrogens with zero attached hydrogens (tertiary/aromatic N) is 2. The number of ether oxygens (including phenoxy) is 3. The van der Waals surface area contributed by atoms with Crippen LogP contribution in [0.2, 0.25) is 0 Å². The van der Waals surface area contributed by atoms with Gasteiger partial charge in [-0.2, -0.15) is 5.10 Å². The Morgan fingerprint density at radius 3 is 2.40 bits per heavy atom. The summed E-state index contributed by atoms with van der Waals surface area (Å²) in [7, 11) is 6.45. The Labute approximate surface area is 232 Å². The molecule has 3 aromatic rings. The minimum absolute atomic E-state index is 0.127. The van der Waals surface area contributed by atoms with Crippen LogP contribution in [0.25, 0.3) is 11.1 Å². The minimum atomic E-state index is -0.422. The van der Waals surface area contributed by atoms with E-state index >= 15 is 0 Å². The lowest BCUT2D eigenvalue weighted by Crippen LogP contribution is -2.27. The van der Waals surface area contributed by atoms with Gasteiger partial charge >= 0.3 is 0 Å². The average molecular weight is 550 g/mol. The highest BCUT2D eigenvalue weighted by molar-refractivity contribution is 5.94. The molecule has 40 heavy (non-hydrogen) atoms. The van der Waals surface area contributed by atoms with Crippen molar-refractivity contribution in [2.45, 2.75) is 39.7 Å². The zero-order valence-electron chi connectivity index (χ0n) is 23.9. The van der Waals surface area contributed by atoms with E-state index in [0.717, 1.165) is 16.8 Å². The third-order valence-corrected chi connectivity index (χ3v) is 7.13. The van der Waals surface area contributed by atoms with Gasteiger partial charge in [-0.15, -0.1) is 0 Å². The summed E-state index contributed by atoms with van der Waals surface area (Å²) in [6.45, 7) is 5.00. The number of amides is 2. The van der Waals surface area contributed by atoms with Crippen molar-refractivity contribution < 1.29 is 23.8 Å². The Morgan fingerprint density at radius 1 is 1.07 bits per heavy atom. The van der Waals surface area contributed by atoms with Crippen molar-refractivity contribution in [1.29, 1.82) is 0 Å². The molecule has 0 radical (unpaired) electrons. The van der Waals surface area contributed by atoms with Crippen LogP contribution in [-0.2, 0) is 23.1 Å². The number of hydrogen-bond acceptors (Lipinski definition) is 8. The maximum Gasteiger partial charge on any atom is 0.243 e. The molecule has 212 valence electrons. The van der Waals surface area contributed by atoms with Crippen molar-refractivity contribution in [2.24, 2.45) is 7.05 Å². The quantitative estimate of drug-likeness (QED) is 0.390. The van der Waals surface area contributed by atoms with Gasteiger partial charge in [0.05, 0.1) is 56.7 Å². The van der Waals surface area contributed by atoms with Crippen molar-refractivity contribution >= 4 is 23.2 Å². The van der Waals surface area contributed by atoms with E-state index in [1.807, 2.05) is 19.9 Å². The van der Waals surface area contributed by atoms with E-state index in [1.165, 1.54) is 20.1 Å². The molecule has 1 atom stereocenters. The standard InChI is InChI=1S/C29H35N5O6/c1-15-27(16(2)34(4)33-15)32-25(37)14-30-22-11-9-19-20(13-23(22)36)21(31-17(3)35)10-8-18-12-24(38-5)28(39-6)29(40-7)26(18)19/h9,11-13,21H,8,10,14H2,1-7H3,(H,30,36)(H,31,35)(H,32,37)/t21-/m0/s1. The molecule has 0 spiro atoms. The number of hydrogen-bond donors (Lipinski definition) is 3. The number of benzene rings is 1. The Hall–Kier alpha value is -4.54. The Balaban J connectivity index is 1.77. The minimum Gasteiger partial charge on any atom is -0.493 e. The monoisotopic (exact) mass is 549 g/mol. The van der Waals surface area contributed by atoms with Gasteiger partial charge in [0.15, 0.2) is 11.5 Å². The highest BCUT2D eigenvalue weighted by atomic mass is 16.5. The van der Waals surface area contributed by atoms with E-state index in [9.17, 15) is 14.4 Å². The third-order valence-electron chi connectivity index (χ3n) is 7.13. The zero-order valence-corrected chi connectivity index (χ0v) is 23.9. The van der Waals surface area contributed by atoms with Crippen molar-refractivity contribution in [3.05, 3.63) is 57.0 Å². The summed E-state index contributed by atoms with van der Waals surface area (Å²) in [6, 6.07) is 6.43. The number of carbonyl (C=O) groups is 2. The van der Waals surface area contributed by atoms with Crippen LogP contribution in [0.1, 0.15) is 41.9 Å². The molecule has 11 nitrogen and oxygen atoms in total. The van der Waals surface area contributed by atoms with Gasteiger partial charge in [-0.05, 0) is 61.6 Å². The Bertz CT molecular complexity index is 1530. The first kappa shape index (κ1) is 28.5. The van der Waals surface area contributed by atoms with Crippen LogP contribution in [0.15, 0.2) is 29.1 Å². The van der Waals surface area contributed by atoms with E-state index in [0.29, 0.717) is 52.6 Å². The molecule has 0 aliphatic heterocycles. The lowest BCUT2D eigenvalue weighted by Gasteiger charge is -2.19. The van der Waals surface area contributed by atoms with Gasteiger partial charge in [-0.3, -0.25) is 19.1 Å². The van der Waals surface area contributed by atoms with Gasteiger partial charge in [0.25, 0.3) is 0 Å². The summed E-state index contributed by atoms with van der Waals surface area (Å²) >= 11 is 0. The molecule has 0 bridgehead atoms. The van der Waals surface area contributed by atoms with Gasteiger partial charge in [0.2, 0.25) is 23.0 Å². The number of methoxy groups -OCH3 is 3. The fourth-order valence-electron chi connectivity index (χ4n) is 5.17. The zero-order chi connectivity index (χ0) is 29.1. The molecule has 1 aliphatic rings. The lowest BCUT2D eigenvalue weighted by atomic mass is 9.95. The summed E-state index contributed by atoms with van der Waals surface area (Å²) in [6.07, 6.45) is 1.15.